The maximum absolute atomic E-state index is 12.8. The Hall–Kier alpha value is -1.60. The largest absolute Gasteiger partial charge is 0.416 e. The molecule has 1 aliphatic rings. The minimum absolute atomic E-state index is 0.171. The summed E-state index contributed by atoms with van der Waals surface area (Å²) in [6, 6.07) is 4.54. The van der Waals surface area contributed by atoms with E-state index in [-0.39, 0.29) is 5.91 Å². The topological polar surface area (TPSA) is 50.4 Å². The third kappa shape index (κ3) is 4.27. The van der Waals surface area contributed by atoms with Gasteiger partial charge in [-0.15, -0.1) is 0 Å². The summed E-state index contributed by atoms with van der Waals surface area (Å²) in [7, 11) is 1.55. The van der Waals surface area contributed by atoms with Gasteiger partial charge in [-0.1, -0.05) is 12.1 Å². The third-order valence-electron chi connectivity index (χ3n) is 4.52. The summed E-state index contributed by atoms with van der Waals surface area (Å²) < 4.78 is 43.7. The number of benzene rings is 1. The van der Waals surface area contributed by atoms with E-state index in [0.717, 1.165) is 12.1 Å². The van der Waals surface area contributed by atoms with Crippen LogP contribution < -0.4 is 10.6 Å². The van der Waals surface area contributed by atoms with Gasteiger partial charge in [0.25, 0.3) is 0 Å². The molecule has 7 heteroatoms. The van der Waals surface area contributed by atoms with E-state index in [1.165, 1.54) is 6.07 Å². The number of nitrogens with one attached hydrogen (secondary N) is 2. The number of amides is 1. The van der Waals surface area contributed by atoms with Crippen molar-refractivity contribution in [1.82, 2.24) is 10.6 Å². The number of piperidine rings is 1. The molecule has 0 radical (unpaired) electrons. The normalized spacial score (nSPS) is 18.9. The van der Waals surface area contributed by atoms with Crippen molar-refractivity contribution in [1.29, 1.82) is 0 Å². The molecule has 1 aromatic carbocycles. The van der Waals surface area contributed by atoms with Crippen LogP contribution in [-0.4, -0.2) is 32.7 Å². The van der Waals surface area contributed by atoms with Crippen LogP contribution in [0.5, 0.6) is 0 Å². The van der Waals surface area contributed by atoms with Crippen LogP contribution in [-0.2, 0) is 15.7 Å². The molecule has 1 aliphatic heterocycles. The van der Waals surface area contributed by atoms with Crippen molar-refractivity contribution < 1.29 is 22.7 Å². The maximum atomic E-state index is 12.8. The van der Waals surface area contributed by atoms with Crippen molar-refractivity contribution in [2.45, 2.75) is 32.0 Å². The number of carbonyl (C=O) groups is 1. The summed E-state index contributed by atoms with van der Waals surface area (Å²) in [6.45, 7) is 3.42. The quantitative estimate of drug-likeness (QED) is 0.864. The molecule has 0 aromatic heterocycles. The number of halogens is 3. The lowest BCUT2D eigenvalue weighted by Crippen LogP contribution is -2.50. The fraction of sp³-hybridized carbons (Fsp3) is 0.588. The zero-order chi connectivity index (χ0) is 17.8. The first-order valence-electron chi connectivity index (χ1n) is 7.96. The lowest BCUT2D eigenvalue weighted by atomic mass is 9.78. The van der Waals surface area contributed by atoms with Gasteiger partial charge in [-0.25, -0.2) is 0 Å². The molecule has 134 valence electrons. The smallest absolute Gasteiger partial charge is 0.384 e. The SMILES string of the molecule is COCC1(C(=O)NC(C)c2cccc(C(F)(F)F)c2)CCNCC1. The lowest BCUT2D eigenvalue weighted by molar-refractivity contribution is -0.137. The van der Waals surface area contributed by atoms with E-state index in [1.54, 1.807) is 20.1 Å². The molecule has 1 heterocycles. The van der Waals surface area contributed by atoms with E-state index in [0.29, 0.717) is 38.1 Å². The molecule has 24 heavy (non-hydrogen) atoms. The van der Waals surface area contributed by atoms with E-state index in [4.69, 9.17) is 4.74 Å². The average Bonchev–Trinajstić information content (AvgIpc) is 2.55. The Morgan fingerprint density at radius 2 is 2.04 bits per heavy atom. The van der Waals surface area contributed by atoms with Crippen LogP contribution in [0, 0.1) is 5.41 Å². The number of carbonyl (C=O) groups excluding carboxylic acids is 1. The van der Waals surface area contributed by atoms with Gasteiger partial charge in [0, 0.05) is 7.11 Å². The highest BCUT2D eigenvalue weighted by Crippen LogP contribution is 2.32. The van der Waals surface area contributed by atoms with Crippen LogP contribution in [0.15, 0.2) is 24.3 Å². The van der Waals surface area contributed by atoms with Crippen LogP contribution in [0.25, 0.3) is 0 Å². The second kappa shape index (κ2) is 7.53. The molecule has 1 atom stereocenters. The summed E-state index contributed by atoms with van der Waals surface area (Å²) in [4.78, 5) is 12.7. The van der Waals surface area contributed by atoms with Gasteiger partial charge < -0.3 is 15.4 Å². The molecule has 1 unspecified atom stereocenters. The Bertz CT molecular complexity index is 564. The highest BCUT2D eigenvalue weighted by Gasteiger charge is 2.40. The van der Waals surface area contributed by atoms with Crippen LogP contribution in [0.3, 0.4) is 0 Å². The molecule has 0 spiro atoms. The standard InChI is InChI=1S/C17H23F3N2O2/c1-12(13-4-3-5-14(10-13)17(18,19)20)22-15(23)16(11-24-2)6-8-21-9-7-16/h3-5,10,12,21H,6-9,11H2,1-2H3,(H,22,23). The van der Waals surface area contributed by atoms with Crippen molar-refractivity contribution in [3.63, 3.8) is 0 Å². The van der Waals surface area contributed by atoms with E-state index in [2.05, 4.69) is 10.6 Å². The molecular weight excluding hydrogens is 321 g/mol. The van der Waals surface area contributed by atoms with Crippen LogP contribution in [0.1, 0.15) is 36.9 Å². The van der Waals surface area contributed by atoms with Crippen molar-refractivity contribution >= 4 is 5.91 Å². The Morgan fingerprint density at radius 3 is 2.62 bits per heavy atom. The van der Waals surface area contributed by atoms with Gasteiger partial charge in [-0.3, -0.25) is 4.79 Å². The minimum Gasteiger partial charge on any atom is -0.384 e. The van der Waals surface area contributed by atoms with Crippen molar-refractivity contribution in [3.8, 4) is 0 Å². The first-order valence-corrected chi connectivity index (χ1v) is 7.96. The second-order valence-electron chi connectivity index (χ2n) is 6.28. The van der Waals surface area contributed by atoms with Gasteiger partial charge in [0.15, 0.2) is 0 Å². The third-order valence-corrected chi connectivity index (χ3v) is 4.52. The minimum atomic E-state index is -4.40. The van der Waals surface area contributed by atoms with Crippen LogP contribution in [0.2, 0.25) is 0 Å². The molecule has 1 saturated heterocycles. The predicted molar refractivity (Wildman–Crippen MR) is 84.4 cm³/mol. The van der Waals surface area contributed by atoms with E-state index in [9.17, 15) is 18.0 Å². The molecule has 1 amide bonds. The zero-order valence-electron chi connectivity index (χ0n) is 13.9. The Morgan fingerprint density at radius 1 is 1.38 bits per heavy atom. The van der Waals surface area contributed by atoms with Gasteiger partial charge in [0.1, 0.15) is 0 Å². The van der Waals surface area contributed by atoms with E-state index >= 15 is 0 Å². The monoisotopic (exact) mass is 344 g/mol. The Balaban J connectivity index is 2.13. The van der Waals surface area contributed by atoms with Crippen LogP contribution >= 0.6 is 0 Å². The molecule has 4 nitrogen and oxygen atoms in total. The summed E-state index contributed by atoms with van der Waals surface area (Å²) in [5.74, 6) is -0.171. The predicted octanol–water partition coefficient (Wildman–Crippen LogP) is 2.90. The van der Waals surface area contributed by atoms with Gasteiger partial charge in [0.2, 0.25) is 5.91 Å². The van der Waals surface area contributed by atoms with Crippen molar-refractivity contribution in [2.75, 3.05) is 26.8 Å². The summed E-state index contributed by atoms with van der Waals surface area (Å²) >= 11 is 0. The molecule has 2 N–H and O–H groups in total. The molecule has 0 bridgehead atoms. The molecule has 0 aliphatic carbocycles. The maximum Gasteiger partial charge on any atom is 0.416 e. The number of alkyl halides is 3. The van der Waals surface area contributed by atoms with E-state index < -0.39 is 23.2 Å². The van der Waals surface area contributed by atoms with Gasteiger partial charge in [-0.2, -0.15) is 13.2 Å². The fourth-order valence-electron chi connectivity index (χ4n) is 3.04. The van der Waals surface area contributed by atoms with Gasteiger partial charge in [0.05, 0.1) is 23.6 Å². The molecule has 1 aromatic rings. The molecule has 0 saturated carbocycles. The van der Waals surface area contributed by atoms with Crippen LogP contribution in [0.4, 0.5) is 13.2 Å². The molecule has 1 fully saturated rings. The van der Waals surface area contributed by atoms with Crippen molar-refractivity contribution in [2.24, 2.45) is 5.41 Å². The number of rotatable bonds is 5. The number of hydrogen-bond donors (Lipinski definition) is 2. The number of methoxy groups -OCH3 is 1. The number of hydrogen-bond acceptors (Lipinski definition) is 3. The fourth-order valence-corrected chi connectivity index (χ4v) is 3.04. The van der Waals surface area contributed by atoms with E-state index in [1.807, 2.05) is 0 Å². The molecule has 2 rings (SSSR count). The summed E-state index contributed by atoms with van der Waals surface area (Å²) in [6.07, 6.45) is -3.12. The highest BCUT2D eigenvalue weighted by molar-refractivity contribution is 5.83. The first-order chi connectivity index (χ1) is 11.3. The second-order valence-corrected chi connectivity index (χ2v) is 6.28. The van der Waals surface area contributed by atoms with Crippen molar-refractivity contribution in [3.05, 3.63) is 35.4 Å². The Kier molecular flexibility index (Phi) is 5.87. The van der Waals surface area contributed by atoms with Gasteiger partial charge >= 0.3 is 6.18 Å². The Labute approximate surface area is 139 Å². The van der Waals surface area contributed by atoms with Gasteiger partial charge in [-0.05, 0) is 50.6 Å². The number of ether oxygens (including phenoxy) is 1. The summed E-state index contributed by atoms with van der Waals surface area (Å²) in [5, 5.41) is 6.06. The first kappa shape index (κ1) is 18.7. The lowest BCUT2D eigenvalue weighted by Gasteiger charge is -2.36. The average molecular weight is 344 g/mol. The molecular formula is C17H23F3N2O2. The summed E-state index contributed by atoms with van der Waals surface area (Å²) in [5.41, 5.74) is -0.912. The highest BCUT2D eigenvalue weighted by atomic mass is 19.4. The zero-order valence-corrected chi connectivity index (χ0v) is 13.9.